The molecule has 1 aromatic heterocycles. The first-order valence-electron chi connectivity index (χ1n) is 5.59. The molecule has 0 aliphatic heterocycles. The molecule has 0 spiro atoms. The second kappa shape index (κ2) is 6.15. The third kappa shape index (κ3) is 3.42. The van der Waals surface area contributed by atoms with Crippen LogP contribution in [0.15, 0.2) is 42.7 Å². The normalized spacial score (nSPS) is 10.0. The number of anilines is 1. The molecular formula is C13H12ClN3O2. The number of hydrogen-bond donors (Lipinski definition) is 0. The van der Waals surface area contributed by atoms with E-state index in [0.717, 1.165) is 5.56 Å². The highest BCUT2D eigenvalue weighted by atomic mass is 35.5. The van der Waals surface area contributed by atoms with Gasteiger partial charge in [-0.05, 0) is 5.56 Å². The van der Waals surface area contributed by atoms with Gasteiger partial charge in [0.1, 0.15) is 6.61 Å². The van der Waals surface area contributed by atoms with Crippen LogP contribution in [-0.4, -0.2) is 23.1 Å². The Labute approximate surface area is 115 Å². The maximum atomic E-state index is 11.8. The molecule has 0 N–H and O–H groups in total. The second-order valence-corrected chi connectivity index (χ2v) is 4.13. The molecule has 0 saturated carbocycles. The van der Waals surface area contributed by atoms with Crippen LogP contribution < -0.4 is 4.90 Å². The van der Waals surface area contributed by atoms with Gasteiger partial charge in [-0.25, -0.2) is 14.8 Å². The Morgan fingerprint density at radius 1 is 1.26 bits per heavy atom. The van der Waals surface area contributed by atoms with Gasteiger partial charge in [0.2, 0.25) is 0 Å². The van der Waals surface area contributed by atoms with E-state index in [-0.39, 0.29) is 17.6 Å². The van der Waals surface area contributed by atoms with Crippen LogP contribution in [0.3, 0.4) is 0 Å². The molecule has 0 saturated heterocycles. The highest BCUT2D eigenvalue weighted by Crippen LogP contribution is 2.19. The SMILES string of the molecule is CN(C(=O)OCc1ccccc1)c1nccnc1Cl. The Morgan fingerprint density at radius 3 is 2.63 bits per heavy atom. The molecule has 1 aromatic carbocycles. The van der Waals surface area contributed by atoms with Crippen LogP contribution in [0.5, 0.6) is 0 Å². The minimum atomic E-state index is -0.536. The van der Waals surface area contributed by atoms with Gasteiger partial charge in [0.15, 0.2) is 11.0 Å². The number of hydrogen-bond acceptors (Lipinski definition) is 4. The van der Waals surface area contributed by atoms with E-state index in [1.54, 1.807) is 0 Å². The highest BCUT2D eigenvalue weighted by molar-refractivity contribution is 6.32. The molecule has 0 aliphatic carbocycles. The lowest BCUT2D eigenvalue weighted by Gasteiger charge is -2.16. The predicted molar refractivity (Wildman–Crippen MR) is 72.1 cm³/mol. The lowest BCUT2D eigenvalue weighted by molar-refractivity contribution is 0.148. The van der Waals surface area contributed by atoms with Crippen molar-refractivity contribution in [3.8, 4) is 0 Å². The first kappa shape index (κ1) is 13.3. The zero-order chi connectivity index (χ0) is 13.7. The number of amides is 1. The summed E-state index contributed by atoms with van der Waals surface area (Å²) in [5.74, 6) is 0.266. The maximum absolute atomic E-state index is 11.8. The zero-order valence-corrected chi connectivity index (χ0v) is 11.0. The van der Waals surface area contributed by atoms with Gasteiger partial charge < -0.3 is 4.74 Å². The average Bonchev–Trinajstić information content (AvgIpc) is 2.45. The summed E-state index contributed by atoms with van der Waals surface area (Å²) in [6.07, 6.45) is 2.38. The van der Waals surface area contributed by atoms with Crippen molar-refractivity contribution < 1.29 is 9.53 Å². The number of carbonyl (C=O) groups is 1. The molecule has 6 heteroatoms. The number of nitrogens with zero attached hydrogens (tertiary/aromatic N) is 3. The van der Waals surface area contributed by atoms with E-state index < -0.39 is 6.09 Å². The van der Waals surface area contributed by atoms with Crippen molar-refractivity contribution in [3.63, 3.8) is 0 Å². The topological polar surface area (TPSA) is 55.3 Å². The van der Waals surface area contributed by atoms with E-state index in [1.807, 2.05) is 30.3 Å². The molecular weight excluding hydrogens is 266 g/mol. The lowest BCUT2D eigenvalue weighted by atomic mass is 10.2. The van der Waals surface area contributed by atoms with E-state index in [1.165, 1.54) is 24.3 Å². The van der Waals surface area contributed by atoms with Crippen LogP contribution in [0.4, 0.5) is 10.6 Å². The summed E-state index contributed by atoms with van der Waals surface area (Å²) in [6, 6.07) is 9.42. The van der Waals surface area contributed by atoms with Crippen LogP contribution in [0.1, 0.15) is 5.56 Å². The number of carbonyl (C=O) groups excluding carboxylic acids is 1. The van der Waals surface area contributed by atoms with Crippen molar-refractivity contribution in [3.05, 3.63) is 53.4 Å². The molecule has 19 heavy (non-hydrogen) atoms. The summed E-state index contributed by atoms with van der Waals surface area (Å²) < 4.78 is 5.16. The largest absolute Gasteiger partial charge is 0.444 e. The highest BCUT2D eigenvalue weighted by Gasteiger charge is 2.17. The van der Waals surface area contributed by atoms with Crippen molar-refractivity contribution in [1.29, 1.82) is 0 Å². The van der Waals surface area contributed by atoms with Gasteiger partial charge in [0.25, 0.3) is 0 Å². The number of rotatable bonds is 3. The van der Waals surface area contributed by atoms with Crippen LogP contribution in [0, 0.1) is 0 Å². The number of ether oxygens (including phenoxy) is 1. The van der Waals surface area contributed by atoms with Gasteiger partial charge in [-0.2, -0.15) is 0 Å². The summed E-state index contributed by atoms with van der Waals surface area (Å²) in [6.45, 7) is 0.196. The minimum Gasteiger partial charge on any atom is -0.444 e. The Kier molecular flexibility index (Phi) is 4.30. The van der Waals surface area contributed by atoms with E-state index >= 15 is 0 Å². The lowest BCUT2D eigenvalue weighted by Crippen LogP contribution is -2.28. The Balaban J connectivity index is 1.99. The van der Waals surface area contributed by atoms with Crippen LogP contribution in [-0.2, 0) is 11.3 Å². The second-order valence-electron chi connectivity index (χ2n) is 3.77. The summed E-state index contributed by atoms with van der Waals surface area (Å²) in [4.78, 5) is 20.9. The number of benzene rings is 1. The van der Waals surface area contributed by atoms with Gasteiger partial charge in [-0.3, -0.25) is 4.90 Å². The van der Waals surface area contributed by atoms with Crippen LogP contribution in [0.25, 0.3) is 0 Å². The summed E-state index contributed by atoms with van der Waals surface area (Å²) in [5.41, 5.74) is 0.912. The monoisotopic (exact) mass is 277 g/mol. The Bertz CT molecular complexity index is 563. The molecule has 0 unspecified atom stereocenters. The summed E-state index contributed by atoms with van der Waals surface area (Å²) in [7, 11) is 1.53. The average molecular weight is 278 g/mol. The molecule has 0 fully saturated rings. The predicted octanol–water partition coefficient (Wildman–Crippen LogP) is 2.90. The van der Waals surface area contributed by atoms with Gasteiger partial charge in [0.05, 0.1) is 0 Å². The molecule has 2 aromatic rings. The molecule has 0 bridgehead atoms. The number of halogens is 1. The molecule has 1 heterocycles. The van der Waals surface area contributed by atoms with Crippen LogP contribution >= 0.6 is 11.6 Å². The van der Waals surface area contributed by atoms with Crippen molar-refractivity contribution in [2.24, 2.45) is 0 Å². The third-order valence-electron chi connectivity index (χ3n) is 2.43. The van der Waals surface area contributed by atoms with Crippen molar-refractivity contribution in [2.75, 3.05) is 11.9 Å². The Hall–Kier alpha value is -2.14. The van der Waals surface area contributed by atoms with Gasteiger partial charge in [-0.1, -0.05) is 41.9 Å². The molecule has 1 amide bonds. The Morgan fingerprint density at radius 2 is 1.95 bits per heavy atom. The van der Waals surface area contributed by atoms with Gasteiger partial charge in [-0.15, -0.1) is 0 Å². The quantitative estimate of drug-likeness (QED) is 0.866. The van der Waals surface area contributed by atoms with Crippen molar-refractivity contribution in [2.45, 2.75) is 6.61 Å². The van der Waals surface area contributed by atoms with E-state index in [0.29, 0.717) is 0 Å². The first-order valence-corrected chi connectivity index (χ1v) is 5.97. The van der Waals surface area contributed by atoms with Gasteiger partial charge >= 0.3 is 6.09 Å². The standard InChI is InChI=1S/C13H12ClN3O2/c1-17(12-11(14)15-7-8-16-12)13(18)19-9-10-5-3-2-4-6-10/h2-8H,9H2,1H3. The number of aromatic nitrogens is 2. The van der Waals surface area contributed by atoms with E-state index in [2.05, 4.69) is 9.97 Å². The molecule has 0 aliphatic rings. The van der Waals surface area contributed by atoms with E-state index in [4.69, 9.17) is 16.3 Å². The molecule has 0 atom stereocenters. The zero-order valence-electron chi connectivity index (χ0n) is 10.3. The summed E-state index contributed by atoms with van der Waals surface area (Å²) >= 11 is 5.86. The molecule has 0 radical (unpaired) electrons. The van der Waals surface area contributed by atoms with E-state index in [9.17, 15) is 4.79 Å². The summed E-state index contributed by atoms with van der Waals surface area (Å²) in [5, 5.41) is 0.154. The molecule has 2 rings (SSSR count). The minimum absolute atomic E-state index is 0.154. The van der Waals surface area contributed by atoms with Crippen molar-refractivity contribution in [1.82, 2.24) is 9.97 Å². The molecule has 98 valence electrons. The fourth-order valence-corrected chi connectivity index (χ4v) is 1.67. The maximum Gasteiger partial charge on any atom is 0.415 e. The fraction of sp³-hybridized carbons (Fsp3) is 0.154. The van der Waals surface area contributed by atoms with Crippen LogP contribution in [0.2, 0.25) is 5.15 Å². The third-order valence-corrected chi connectivity index (χ3v) is 2.70. The van der Waals surface area contributed by atoms with Gasteiger partial charge in [0, 0.05) is 19.4 Å². The molecule has 5 nitrogen and oxygen atoms in total. The van der Waals surface area contributed by atoms with Crippen molar-refractivity contribution >= 4 is 23.5 Å². The first-order chi connectivity index (χ1) is 9.18. The smallest absolute Gasteiger partial charge is 0.415 e. The fourth-order valence-electron chi connectivity index (χ4n) is 1.44.